The van der Waals surface area contributed by atoms with Crippen molar-refractivity contribution in [3.8, 4) is 0 Å². The minimum Gasteiger partial charge on any atom is -0.398 e. The first-order chi connectivity index (χ1) is 6.15. The predicted octanol–water partition coefficient (Wildman–Crippen LogP) is 2.72. The van der Waals surface area contributed by atoms with Gasteiger partial charge in [-0.1, -0.05) is 31.0 Å². The highest BCUT2D eigenvalue weighted by Gasteiger charge is 2.08. The first-order valence-corrected chi connectivity index (χ1v) is 4.83. The van der Waals surface area contributed by atoms with E-state index >= 15 is 0 Å². The molecule has 0 aliphatic rings. The second-order valence-corrected chi connectivity index (χ2v) is 3.60. The Kier molecular flexibility index (Phi) is 3.58. The molecule has 1 aromatic carbocycles. The summed E-state index contributed by atoms with van der Waals surface area (Å²) in [7, 11) is 0. The van der Waals surface area contributed by atoms with Gasteiger partial charge in [-0.2, -0.15) is 0 Å². The third kappa shape index (κ3) is 2.61. The lowest BCUT2D eigenvalue weighted by atomic mass is 10.0. The van der Waals surface area contributed by atoms with Crippen LogP contribution in [0, 0.1) is 0 Å². The number of halogens is 1. The summed E-state index contributed by atoms with van der Waals surface area (Å²) < 4.78 is 0. The Labute approximate surface area is 83.9 Å². The molecule has 0 saturated heterocycles. The van der Waals surface area contributed by atoms with E-state index in [1.165, 1.54) is 0 Å². The highest BCUT2D eigenvalue weighted by Crippen LogP contribution is 2.24. The first-order valence-electron chi connectivity index (χ1n) is 4.45. The molecule has 0 unspecified atom stereocenters. The molecule has 4 N–H and O–H groups in total. The van der Waals surface area contributed by atoms with Gasteiger partial charge in [-0.05, 0) is 24.1 Å². The van der Waals surface area contributed by atoms with E-state index < -0.39 is 0 Å². The molecule has 0 aromatic heterocycles. The molecular formula is C10H15ClN2. The monoisotopic (exact) mass is 198 g/mol. The number of hydrogen-bond acceptors (Lipinski definition) is 2. The smallest absolute Gasteiger partial charge is 0.0426 e. The van der Waals surface area contributed by atoms with Crippen LogP contribution in [-0.2, 0) is 0 Å². The second-order valence-electron chi connectivity index (χ2n) is 3.17. The van der Waals surface area contributed by atoms with Gasteiger partial charge >= 0.3 is 0 Å². The predicted molar refractivity (Wildman–Crippen MR) is 57.7 cm³/mol. The SMILES string of the molecule is CCC[C@H](N)c1ccc(Cl)cc1N. The van der Waals surface area contributed by atoms with Crippen molar-refractivity contribution >= 4 is 17.3 Å². The summed E-state index contributed by atoms with van der Waals surface area (Å²) in [6, 6.07) is 5.50. The molecule has 13 heavy (non-hydrogen) atoms. The largest absolute Gasteiger partial charge is 0.398 e. The van der Waals surface area contributed by atoms with E-state index in [-0.39, 0.29) is 6.04 Å². The van der Waals surface area contributed by atoms with E-state index in [1.54, 1.807) is 6.07 Å². The fourth-order valence-electron chi connectivity index (χ4n) is 1.35. The van der Waals surface area contributed by atoms with Gasteiger partial charge in [0, 0.05) is 16.8 Å². The molecule has 2 nitrogen and oxygen atoms in total. The fraction of sp³-hybridized carbons (Fsp3) is 0.400. The van der Waals surface area contributed by atoms with Crippen LogP contribution < -0.4 is 11.5 Å². The number of nitrogens with two attached hydrogens (primary N) is 2. The normalized spacial score (nSPS) is 12.8. The Bertz CT molecular complexity index is 286. The maximum absolute atomic E-state index is 5.93. The molecule has 1 rings (SSSR count). The molecule has 72 valence electrons. The Morgan fingerprint density at radius 3 is 2.69 bits per heavy atom. The number of hydrogen-bond donors (Lipinski definition) is 2. The van der Waals surface area contributed by atoms with Gasteiger partial charge in [-0.15, -0.1) is 0 Å². The highest BCUT2D eigenvalue weighted by molar-refractivity contribution is 6.30. The lowest BCUT2D eigenvalue weighted by Crippen LogP contribution is -2.11. The van der Waals surface area contributed by atoms with E-state index in [4.69, 9.17) is 23.1 Å². The van der Waals surface area contributed by atoms with Gasteiger partial charge in [0.2, 0.25) is 0 Å². The van der Waals surface area contributed by atoms with Gasteiger partial charge in [-0.3, -0.25) is 0 Å². The summed E-state index contributed by atoms with van der Waals surface area (Å²) >= 11 is 5.78. The first kappa shape index (κ1) is 10.4. The van der Waals surface area contributed by atoms with Gasteiger partial charge in [0.1, 0.15) is 0 Å². The molecule has 0 aliphatic heterocycles. The number of rotatable bonds is 3. The lowest BCUT2D eigenvalue weighted by Gasteiger charge is -2.13. The molecule has 0 heterocycles. The van der Waals surface area contributed by atoms with Crippen molar-refractivity contribution in [1.29, 1.82) is 0 Å². The zero-order valence-electron chi connectivity index (χ0n) is 7.76. The molecule has 0 fully saturated rings. The molecule has 3 heteroatoms. The summed E-state index contributed by atoms with van der Waals surface area (Å²) in [4.78, 5) is 0. The van der Waals surface area contributed by atoms with Crippen molar-refractivity contribution in [2.24, 2.45) is 5.73 Å². The van der Waals surface area contributed by atoms with Gasteiger partial charge < -0.3 is 11.5 Å². The van der Waals surface area contributed by atoms with E-state index in [2.05, 4.69) is 6.92 Å². The van der Waals surface area contributed by atoms with Gasteiger partial charge in [0.25, 0.3) is 0 Å². The Morgan fingerprint density at radius 1 is 1.46 bits per heavy atom. The molecular weight excluding hydrogens is 184 g/mol. The van der Waals surface area contributed by atoms with Crippen LogP contribution in [0.2, 0.25) is 5.02 Å². The summed E-state index contributed by atoms with van der Waals surface area (Å²) in [5.74, 6) is 0. The van der Waals surface area contributed by atoms with Crippen LogP contribution in [0.5, 0.6) is 0 Å². The molecule has 1 aromatic rings. The summed E-state index contributed by atoms with van der Waals surface area (Å²) in [5.41, 5.74) is 13.4. The van der Waals surface area contributed by atoms with Crippen LogP contribution in [0.4, 0.5) is 5.69 Å². The van der Waals surface area contributed by atoms with Crippen molar-refractivity contribution in [2.75, 3.05) is 5.73 Å². The van der Waals surface area contributed by atoms with Crippen molar-refractivity contribution in [2.45, 2.75) is 25.8 Å². The molecule has 0 radical (unpaired) electrons. The Hall–Kier alpha value is -0.730. The van der Waals surface area contributed by atoms with Gasteiger partial charge in [0.15, 0.2) is 0 Å². The maximum atomic E-state index is 5.93. The average molecular weight is 199 g/mol. The lowest BCUT2D eigenvalue weighted by molar-refractivity contribution is 0.640. The van der Waals surface area contributed by atoms with Crippen molar-refractivity contribution in [3.63, 3.8) is 0 Å². The Morgan fingerprint density at radius 2 is 2.15 bits per heavy atom. The van der Waals surface area contributed by atoms with Crippen LogP contribution in [0.3, 0.4) is 0 Å². The fourth-order valence-corrected chi connectivity index (χ4v) is 1.53. The minimum absolute atomic E-state index is 0.0299. The zero-order chi connectivity index (χ0) is 9.84. The molecule has 0 bridgehead atoms. The molecule has 1 atom stereocenters. The van der Waals surface area contributed by atoms with E-state index in [1.807, 2.05) is 12.1 Å². The average Bonchev–Trinajstić information content (AvgIpc) is 2.04. The third-order valence-electron chi connectivity index (χ3n) is 2.05. The summed E-state index contributed by atoms with van der Waals surface area (Å²) in [5, 5.41) is 0.657. The molecule has 0 amide bonds. The minimum atomic E-state index is 0.0299. The van der Waals surface area contributed by atoms with Crippen molar-refractivity contribution < 1.29 is 0 Å². The van der Waals surface area contributed by atoms with Gasteiger partial charge in [0.05, 0.1) is 0 Å². The standard InChI is InChI=1S/C10H15ClN2/c1-2-3-9(12)8-5-4-7(11)6-10(8)13/h4-6,9H,2-3,12-13H2,1H3/t9-/m0/s1. The van der Waals surface area contributed by atoms with Crippen molar-refractivity contribution in [3.05, 3.63) is 28.8 Å². The number of benzene rings is 1. The molecule has 0 spiro atoms. The quantitative estimate of drug-likeness (QED) is 0.734. The van der Waals surface area contributed by atoms with Crippen molar-refractivity contribution in [1.82, 2.24) is 0 Å². The van der Waals surface area contributed by atoms with E-state index in [0.29, 0.717) is 10.7 Å². The maximum Gasteiger partial charge on any atom is 0.0426 e. The Balaban J connectivity index is 2.88. The molecule has 0 saturated carbocycles. The number of anilines is 1. The highest BCUT2D eigenvalue weighted by atomic mass is 35.5. The van der Waals surface area contributed by atoms with E-state index in [0.717, 1.165) is 18.4 Å². The van der Waals surface area contributed by atoms with Gasteiger partial charge in [-0.25, -0.2) is 0 Å². The third-order valence-corrected chi connectivity index (χ3v) is 2.28. The van der Waals surface area contributed by atoms with Crippen LogP contribution in [-0.4, -0.2) is 0 Å². The van der Waals surface area contributed by atoms with Crippen LogP contribution in [0.25, 0.3) is 0 Å². The van der Waals surface area contributed by atoms with Crippen LogP contribution >= 0.6 is 11.6 Å². The summed E-state index contributed by atoms with van der Waals surface area (Å²) in [6.07, 6.45) is 2.01. The second kappa shape index (κ2) is 4.49. The zero-order valence-corrected chi connectivity index (χ0v) is 8.51. The number of nitrogen functional groups attached to an aromatic ring is 1. The topological polar surface area (TPSA) is 52.0 Å². The van der Waals surface area contributed by atoms with Crippen LogP contribution in [0.1, 0.15) is 31.4 Å². The van der Waals surface area contributed by atoms with Crippen LogP contribution in [0.15, 0.2) is 18.2 Å². The summed E-state index contributed by atoms with van der Waals surface area (Å²) in [6.45, 7) is 2.10. The van der Waals surface area contributed by atoms with E-state index in [9.17, 15) is 0 Å². The molecule has 0 aliphatic carbocycles.